The number of H-pyrrole nitrogens is 1. The number of amides is 1. The van der Waals surface area contributed by atoms with Crippen molar-refractivity contribution in [3.05, 3.63) is 46.4 Å². The Morgan fingerprint density at radius 1 is 1.32 bits per heavy atom. The van der Waals surface area contributed by atoms with E-state index in [4.69, 9.17) is 0 Å². The largest absolute Gasteiger partial charge is 0.333 e. The number of hydrogen-bond acceptors (Lipinski definition) is 4. The highest BCUT2D eigenvalue weighted by Gasteiger charge is 2.32. The highest BCUT2D eigenvalue weighted by atomic mass is 32.2. The first kappa shape index (κ1) is 14.8. The zero-order chi connectivity index (χ0) is 15.9. The molecule has 2 aromatic rings. The second-order valence-electron chi connectivity index (χ2n) is 5.56. The lowest BCUT2D eigenvalue weighted by Crippen LogP contribution is -2.50. The molecule has 1 N–H and O–H groups in total. The Hall–Kier alpha value is -2.15. The molecule has 1 aromatic heterocycles. The Bertz CT molecular complexity index is 901. The van der Waals surface area contributed by atoms with Gasteiger partial charge in [0.05, 0.1) is 11.5 Å². The normalized spacial score (nSPS) is 21.0. The van der Waals surface area contributed by atoms with Gasteiger partial charge in [0.2, 0.25) is 0 Å². The lowest BCUT2D eigenvalue weighted by atomic mass is 10.1. The number of carbonyl (C=O) groups is 1. The van der Waals surface area contributed by atoms with Gasteiger partial charge in [0.15, 0.2) is 9.84 Å². The molecule has 1 aliphatic heterocycles. The van der Waals surface area contributed by atoms with Crippen LogP contribution in [0.15, 0.2) is 35.1 Å². The van der Waals surface area contributed by atoms with Crippen LogP contribution in [0, 0.1) is 0 Å². The van der Waals surface area contributed by atoms with Crippen molar-refractivity contribution < 1.29 is 13.2 Å². The molecule has 1 fully saturated rings. The Morgan fingerprint density at radius 3 is 2.77 bits per heavy atom. The van der Waals surface area contributed by atoms with Crippen molar-refractivity contribution in [2.45, 2.75) is 13.0 Å². The number of aromatic amines is 1. The van der Waals surface area contributed by atoms with Crippen LogP contribution in [0.5, 0.6) is 0 Å². The lowest BCUT2D eigenvalue weighted by Gasteiger charge is -2.33. The summed E-state index contributed by atoms with van der Waals surface area (Å²) in [7, 11) is -3.09. The highest BCUT2D eigenvalue weighted by molar-refractivity contribution is 7.91. The van der Waals surface area contributed by atoms with E-state index in [1.807, 2.05) is 0 Å². The van der Waals surface area contributed by atoms with Crippen molar-refractivity contribution in [3.8, 4) is 0 Å². The van der Waals surface area contributed by atoms with E-state index in [0.29, 0.717) is 10.8 Å². The number of pyridine rings is 1. The molecular weight excluding hydrogens is 304 g/mol. The molecule has 1 aromatic carbocycles. The summed E-state index contributed by atoms with van der Waals surface area (Å²) in [5, 5.41) is 1.21. The molecule has 116 valence electrons. The molecule has 0 bridgehead atoms. The molecule has 6 nitrogen and oxygen atoms in total. The van der Waals surface area contributed by atoms with Gasteiger partial charge >= 0.3 is 0 Å². The van der Waals surface area contributed by atoms with Crippen LogP contribution in [0.3, 0.4) is 0 Å². The van der Waals surface area contributed by atoms with E-state index in [1.54, 1.807) is 37.3 Å². The topological polar surface area (TPSA) is 87.3 Å². The number of benzene rings is 1. The maximum atomic E-state index is 12.6. The second-order valence-corrected chi connectivity index (χ2v) is 7.79. The molecule has 1 saturated heterocycles. The third-order valence-electron chi connectivity index (χ3n) is 3.92. The second kappa shape index (κ2) is 5.24. The van der Waals surface area contributed by atoms with Gasteiger partial charge in [-0.3, -0.25) is 9.59 Å². The fraction of sp³-hybridized carbons (Fsp3) is 0.333. The maximum absolute atomic E-state index is 12.6. The zero-order valence-corrected chi connectivity index (χ0v) is 12.9. The summed E-state index contributed by atoms with van der Waals surface area (Å²) < 4.78 is 23.2. The molecule has 0 radical (unpaired) electrons. The van der Waals surface area contributed by atoms with Gasteiger partial charge in [-0.15, -0.1) is 0 Å². The van der Waals surface area contributed by atoms with Crippen LogP contribution < -0.4 is 5.56 Å². The predicted molar refractivity (Wildman–Crippen MR) is 83.7 cm³/mol. The SMILES string of the molecule is CC1CS(=O)(=O)CCN1C(=O)c1cc2ccccc2c(=O)[nH]1. The maximum Gasteiger partial charge on any atom is 0.270 e. The van der Waals surface area contributed by atoms with Gasteiger partial charge in [0.25, 0.3) is 11.5 Å². The molecular formula is C15H16N2O4S. The fourth-order valence-electron chi connectivity index (χ4n) is 2.78. The molecule has 0 spiro atoms. The Morgan fingerprint density at radius 2 is 2.05 bits per heavy atom. The van der Waals surface area contributed by atoms with E-state index in [2.05, 4.69) is 4.98 Å². The Kier molecular flexibility index (Phi) is 3.52. The minimum Gasteiger partial charge on any atom is -0.333 e. The summed E-state index contributed by atoms with van der Waals surface area (Å²) in [6.07, 6.45) is 0. The van der Waals surface area contributed by atoms with Gasteiger partial charge in [-0.2, -0.15) is 0 Å². The minimum atomic E-state index is -3.09. The van der Waals surface area contributed by atoms with Gasteiger partial charge in [-0.05, 0) is 24.4 Å². The van der Waals surface area contributed by atoms with Crippen LogP contribution in [-0.4, -0.2) is 48.3 Å². The van der Waals surface area contributed by atoms with E-state index in [-0.39, 0.29) is 35.2 Å². The summed E-state index contributed by atoms with van der Waals surface area (Å²) in [6.45, 7) is 1.85. The fourth-order valence-corrected chi connectivity index (χ4v) is 4.34. The molecule has 7 heteroatoms. The number of fused-ring (bicyclic) bond motifs is 1. The van der Waals surface area contributed by atoms with E-state index in [9.17, 15) is 18.0 Å². The first-order valence-electron chi connectivity index (χ1n) is 7.01. The average molecular weight is 320 g/mol. The first-order chi connectivity index (χ1) is 10.4. The summed E-state index contributed by atoms with van der Waals surface area (Å²) in [5.74, 6) is -0.428. The van der Waals surface area contributed by atoms with Crippen molar-refractivity contribution >= 4 is 26.5 Å². The average Bonchev–Trinajstić information content (AvgIpc) is 2.46. The molecule has 0 saturated carbocycles. The predicted octanol–water partition coefficient (Wildman–Crippen LogP) is 0.787. The summed E-state index contributed by atoms with van der Waals surface area (Å²) in [4.78, 5) is 28.7. The number of nitrogens with zero attached hydrogens (tertiary/aromatic N) is 1. The van der Waals surface area contributed by atoms with Crippen molar-refractivity contribution in [2.75, 3.05) is 18.1 Å². The van der Waals surface area contributed by atoms with Crippen LogP contribution in [0.25, 0.3) is 10.8 Å². The molecule has 1 unspecified atom stereocenters. The van der Waals surface area contributed by atoms with Crippen molar-refractivity contribution in [1.82, 2.24) is 9.88 Å². The van der Waals surface area contributed by atoms with E-state index in [0.717, 1.165) is 0 Å². The smallest absolute Gasteiger partial charge is 0.270 e. The van der Waals surface area contributed by atoms with Crippen LogP contribution in [0.1, 0.15) is 17.4 Å². The third-order valence-corrected chi connectivity index (χ3v) is 5.71. The molecule has 0 aliphatic carbocycles. The number of aromatic nitrogens is 1. The first-order valence-corrected chi connectivity index (χ1v) is 8.83. The highest BCUT2D eigenvalue weighted by Crippen LogP contribution is 2.16. The standard InChI is InChI=1S/C15H16N2O4S/c1-10-9-22(20,21)7-6-17(10)15(19)13-8-11-4-2-3-5-12(11)14(18)16-13/h2-5,8,10H,6-7,9H2,1H3,(H,16,18). The number of nitrogens with one attached hydrogen (secondary N) is 1. The zero-order valence-electron chi connectivity index (χ0n) is 12.1. The molecule has 1 amide bonds. The van der Waals surface area contributed by atoms with Gasteiger partial charge < -0.3 is 9.88 Å². The minimum absolute atomic E-state index is 0.0408. The van der Waals surface area contributed by atoms with Gasteiger partial charge in [-0.25, -0.2) is 8.42 Å². The molecule has 1 atom stereocenters. The van der Waals surface area contributed by atoms with Crippen LogP contribution >= 0.6 is 0 Å². The van der Waals surface area contributed by atoms with Gasteiger partial charge in [-0.1, -0.05) is 18.2 Å². The number of rotatable bonds is 1. The summed E-state index contributed by atoms with van der Waals surface area (Å²) in [5.41, 5.74) is -0.131. The lowest BCUT2D eigenvalue weighted by molar-refractivity contribution is 0.0706. The van der Waals surface area contributed by atoms with Crippen LogP contribution in [0.4, 0.5) is 0 Å². The van der Waals surface area contributed by atoms with E-state index in [1.165, 1.54) is 4.90 Å². The molecule has 3 rings (SSSR count). The summed E-state index contributed by atoms with van der Waals surface area (Å²) in [6, 6.07) is 8.25. The van der Waals surface area contributed by atoms with Gasteiger partial charge in [0, 0.05) is 18.0 Å². The number of sulfone groups is 1. The third kappa shape index (κ3) is 2.64. The Balaban J connectivity index is 1.98. The van der Waals surface area contributed by atoms with Crippen molar-refractivity contribution in [2.24, 2.45) is 0 Å². The molecule has 1 aliphatic rings. The van der Waals surface area contributed by atoms with E-state index >= 15 is 0 Å². The van der Waals surface area contributed by atoms with Crippen molar-refractivity contribution in [3.63, 3.8) is 0 Å². The van der Waals surface area contributed by atoms with Crippen LogP contribution in [0.2, 0.25) is 0 Å². The number of hydrogen-bond donors (Lipinski definition) is 1. The van der Waals surface area contributed by atoms with Crippen LogP contribution in [-0.2, 0) is 9.84 Å². The van der Waals surface area contributed by atoms with Crippen molar-refractivity contribution in [1.29, 1.82) is 0 Å². The monoisotopic (exact) mass is 320 g/mol. The van der Waals surface area contributed by atoms with Gasteiger partial charge in [0.1, 0.15) is 5.69 Å². The van der Waals surface area contributed by atoms with E-state index < -0.39 is 15.9 Å². The molecule has 22 heavy (non-hydrogen) atoms. The number of carbonyl (C=O) groups excluding carboxylic acids is 1. The Labute approximate surface area is 127 Å². The quantitative estimate of drug-likeness (QED) is 0.841. The summed E-state index contributed by atoms with van der Waals surface area (Å²) >= 11 is 0. The molecule has 2 heterocycles.